The summed E-state index contributed by atoms with van der Waals surface area (Å²) >= 11 is 0. The zero-order valence-corrected chi connectivity index (χ0v) is 18.6. The number of hydrogen-bond donors (Lipinski definition) is 1. The molecule has 0 aliphatic carbocycles. The Morgan fingerprint density at radius 1 is 1.03 bits per heavy atom. The van der Waals surface area contributed by atoms with Crippen LogP contribution in [0.2, 0.25) is 0 Å². The molecule has 0 saturated heterocycles. The summed E-state index contributed by atoms with van der Waals surface area (Å²) in [5.74, 6) is 2.08. The Balaban J connectivity index is 1.96. The molecule has 5 rings (SSSR count). The van der Waals surface area contributed by atoms with E-state index in [2.05, 4.69) is 27.0 Å². The van der Waals surface area contributed by atoms with E-state index in [1.807, 2.05) is 26.2 Å². The van der Waals surface area contributed by atoms with Gasteiger partial charge >= 0.3 is 0 Å². The lowest BCUT2D eigenvalue weighted by Crippen LogP contribution is -2.19. The third kappa shape index (κ3) is 3.00. The van der Waals surface area contributed by atoms with Crippen molar-refractivity contribution in [2.45, 2.75) is 12.8 Å². The maximum absolute atomic E-state index is 11.5. The van der Waals surface area contributed by atoms with E-state index in [4.69, 9.17) is 18.9 Å². The SMILES string of the molecule is COc1cc2c(nc1OC)c(O)c(C(C)CN(C)C)c1c3cc4c(cc3nnc21)OCO4. The molecule has 2 aromatic carbocycles. The molecule has 32 heavy (non-hydrogen) atoms. The smallest absolute Gasteiger partial charge is 0.257 e. The number of pyridine rings is 1. The molecule has 1 N–H and O–H groups in total. The van der Waals surface area contributed by atoms with Crippen LogP contribution >= 0.6 is 0 Å². The second kappa shape index (κ2) is 7.52. The Bertz CT molecular complexity index is 1370. The first-order chi connectivity index (χ1) is 15.4. The molecule has 166 valence electrons. The van der Waals surface area contributed by atoms with E-state index >= 15 is 0 Å². The molecular weight excluding hydrogens is 412 g/mol. The van der Waals surface area contributed by atoms with Crippen molar-refractivity contribution in [1.82, 2.24) is 20.1 Å². The summed E-state index contributed by atoms with van der Waals surface area (Å²) in [6, 6.07) is 5.50. The third-order valence-corrected chi connectivity index (χ3v) is 5.76. The minimum Gasteiger partial charge on any atom is -0.505 e. The van der Waals surface area contributed by atoms with Gasteiger partial charge in [0.1, 0.15) is 16.8 Å². The summed E-state index contributed by atoms with van der Waals surface area (Å²) < 4.78 is 22.0. The highest BCUT2D eigenvalue weighted by Crippen LogP contribution is 2.46. The summed E-state index contributed by atoms with van der Waals surface area (Å²) in [4.78, 5) is 6.63. The summed E-state index contributed by atoms with van der Waals surface area (Å²) in [5, 5.41) is 22.7. The lowest BCUT2D eigenvalue weighted by Gasteiger charge is -2.22. The molecule has 9 nitrogen and oxygen atoms in total. The summed E-state index contributed by atoms with van der Waals surface area (Å²) in [6.45, 7) is 2.95. The summed E-state index contributed by atoms with van der Waals surface area (Å²) in [7, 11) is 7.06. The van der Waals surface area contributed by atoms with Gasteiger partial charge in [-0.1, -0.05) is 6.92 Å². The second-order valence-corrected chi connectivity index (χ2v) is 8.17. The molecule has 1 atom stereocenters. The van der Waals surface area contributed by atoms with Crippen LogP contribution in [0.1, 0.15) is 18.4 Å². The van der Waals surface area contributed by atoms with Gasteiger partial charge < -0.3 is 29.0 Å². The molecule has 0 saturated carbocycles. The molecule has 1 aliphatic heterocycles. The highest BCUT2D eigenvalue weighted by molar-refractivity contribution is 6.18. The van der Waals surface area contributed by atoms with E-state index in [1.54, 1.807) is 13.2 Å². The molecule has 4 aromatic rings. The number of fused-ring (bicyclic) bond motifs is 6. The van der Waals surface area contributed by atoms with Gasteiger partial charge in [0.05, 0.1) is 19.7 Å². The number of methoxy groups -OCH3 is 2. The number of phenolic OH excluding ortho intramolecular Hbond substituents is 1. The fraction of sp³-hybridized carbons (Fsp3) is 0.348. The maximum atomic E-state index is 11.5. The Hall–Kier alpha value is -3.59. The van der Waals surface area contributed by atoms with Crippen LogP contribution in [0.15, 0.2) is 18.2 Å². The van der Waals surface area contributed by atoms with Crippen LogP contribution in [0.5, 0.6) is 28.9 Å². The standard InChI is InChI=1S/C23H24N4O5/c1-11(9-27(2)3)18-19-12-6-15-16(32-10-31-15)8-14(12)25-26-20(19)13-7-17(29-4)23(30-5)24-21(13)22(18)28/h6-8,11,28H,9-10H2,1-5H3. The number of nitrogens with zero attached hydrogens (tertiary/aromatic N) is 4. The fourth-order valence-corrected chi connectivity index (χ4v) is 4.45. The van der Waals surface area contributed by atoms with Crippen LogP contribution in [0, 0.1) is 0 Å². The van der Waals surface area contributed by atoms with E-state index in [0.29, 0.717) is 39.2 Å². The highest BCUT2D eigenvalue weighted by Gasteiger charge is 2.26. The van der Waals surface area contributed by atoms with Gasteiger partial charge in [-0.2, -0.15) is 0 Å². The number of aromatic hydroxyl groups is 1. The first-order valence-corrected chi connectivity index (χ1v) is 10.2. The van der Waals surface area contributed by atoms with Crippen LogP contribution in [-0.4, -0.2) is 66.8 Å². The quantitative estimate of drug-likeness (QED) is 0.472. The monoisotopic (exact) mass is 436 g/mol. The van der Waals surface area contributed by atoms with Gasteiger partial charge in [0, 0.05) is 34.3 Å². The van der Waals surface area contributed by atoms with E-state index in [-0.39, 0.29) is 24.3 Å². The van der Waals surface area contributed by atoms with Gasteiger partial charge in [-0.3, -0.25) is 0 Å². The first-order valence-electron chi connectivity index (χ1n) is 10.2. The molecule has 1 aliphatic rings. The van der Waals surface area contributed by atoms with Crippen molar-refractivity contribution in [1.29, 1.82) is 0 Å². The topological polar surface area (TPSA) is 99.1 Å². The number of aromatic nitrogens is 3. The van der Waals surface area contributed by atoms with Crippen LogP contribution < -0.4 is 18.9 Å². The molecule has 2 aromatic heterocycles. The van der Waals surface area contributed by atoms with Gasteiger partial charge in [-0.25, -0.2) is 4.98 Å². The third-order valence-electron chi connectivity index (χ3n) is 5.76. The number of benzene rings is 2. The van der Waals surface area contributed by atoms with Crippen LogP contribution in [0.3, 0.4) is 0 Å². The van der Waals surface area contributed by atoms with Gasteiger partial charge in [0.2, 0.25) is 6.79 Å². The number of ether oxygens (including phenoxy) is 4. The molecule has 0 spiro atoms. The van der Waals surface area contributed by atoms with Gasteiger partial charge in [0.15, 0.2) is 17.2 Å². The van der Waals surface area contributed by atoms with Crippen LogP contribution in [-0.2, 0) is 0 Å². The Morgan fingerprint density at radius 3 is 2.47 bits per heavy atom. The van der Waals surface area contributed by atoms with E-state index in [9.17, 15) is 5.11 Å². The molecular formula is C23H24N4O5. The molecule has 1 unspecified atom stereocenters. The van der Waals surface area contributed by atoms with Gasteiger partial charge in [-0.05, 0) is 32.1 Å². The van der Waals surface area contributed by atoms with Crippen molar-refractivity contribution in [3.8, 4) is 28.9 Å². The number of hydrogen-bond acceptors (Lipinski definition) is 9. The number of rotatable bonds is 5. The highest BCUT2D eigenvalue weighted by atomic mass is 16.7. The van der Waals surface area contributed by atoms with E-state index in [1.165, 1.54) is 7.11 Å². The van der Waals surface area contributed by atoms with Gasteiger partial charge in [0.25, 0.3) is 5.88 Å². The zero-order valence-electron chi connectivity index (χ0n) is 18.6. The molecule has 0 amide bonds. The second-order valence-electron chi connectivity index (χ2n) is 8.17. The lowest BCUT2D eigenvalue weighted by molar-refractivity contribution is 0.174. The van der Waals surface area contributed by atoms with Crippen molar-refractivity contribution in [3.05, 3.63) is 23.8 Å². The van der Waals surface area contributed by atoms with Crippen molar-refractivity contribution >= 4 is 32.7 Å². The average molecular weight is 436 g/mol. The number of likely N-dealkylation sites (N-methyl/N-ethyl adjacent to an activating group) is 1. The zero-order chi connectivity index (χ0) is 22.6. The predicted octanol–water partition coefficient (Wildman–Crippen LogP) is 3.45. The molecule has 0 fully saturated rings. The van der Waals surface area contributed by atoms with Crippen molar-refractivity contribution in [3.63, 3.8) is 0 Å². The number of phenols is 1. The summed E-state index contributed by atoms with van der Waals surface area (Å²) in [6.07, 6.45) is 0. The Morgan fingerprint density at radius 2 is 1.78 bits per heavy atom. The van der Waals surface area contributed by atoms with E-state index in [0.717, 1.165) is 22.9 Å². The molecule has 3 heterocycles. The Labute approximate surface area is 184 Å². The fourth-order valence-electron chi connectivity index (χ4n) is 4.45. The predicted molar refractivity (Wildman–Crippen MR) is 120 cm³/mol. The molecule has 0 radical (unpaired) electrons. The largest absolute Gasteiger partial charge is 0.505 e. The van der Waals surface area contributed by atoms with Gasteiger partial charge in [-0.15, -0.1) is 10.2 Å². The lowest BCUT2D eigenvalue weighted by atomic mass is 9.90. The van der Waals surface area contributed by atoms with Crippen molar-refractivity contribution in [2.24, 2.45) is 0 Å². The molecule has 9 heteroatoms. The minimum absolute atomic E-state index is 0.0235. The maximum Gasteiger partial charge on any atom is 0.257 e. The average Bonchev–Trinajstić information content (AvgIpc) is 3.23. The summed E-state index contributed by atoms with van der Waals surface area (Å²) in [5.41, 5.74) is 2.43. The normalized spacial score (nSPS) is 13.9. The first kappa shape index (κ1) is 20.3. The van der Waals surface area contributed by atoms with Crippen LogP contribution in [0.25, 0.3) is 32.7 Å². The molecule has 0 bridgehead atoms. The van der Waals surface area contributed by atoms with E-state index < -0.39 is 0 Å². The van der Waals surface area contributed by atoms with Crippen LogP contribution in [0.4, 0.5) is 0 Å². The minimum atomic E-state index is -0.0235. The van der Waals surface area contributed by atoms with Crippen molar-refractivity contribution < 1.29 is 24.1 Å². The Kier molecular flexibility index (Phi) is 4.78. The van der Waals surface area contributed by atoms with Crippen molar-refractivity contribution in [2.75, 3.05) is 41.7 Å².